The molecule has 20 heavy (non-hydrogen) atoms. The van der Waals surface area contributed by atoms with Gasteiger partial charge < -0.3 is 10.5 Å². The van der Waals surface area contributed by atoms with Crippen molar-refractivity contribution in [3.05, 3.63) is 34.0 Å². The summed E-state index contributed by atoms with van der Waals surface area (Å²) in [4.78, 5) is 7.87. The molecule has 0 fully saturated rings. The number of nitrogens with two attached hydrogens (primary N) is 1. The highest BCUT2D eigenvalue weighted by Gasteiger charge is 2.31. The second-order valence-corrected chi connectivity index (χ2v) is 4.72. The van der Waals surface area contributed by atoms with Gasteiger partial charge >= 0.3 is 6.36 Å². The van der Waals surface area contributed by atoms with Crippen LogP contribution in [0.4, 0.5) is 19.0 Å². The van der Waals surface area contributed by atoms with Gasteiger partial charge in [0.15, 0.2) is 11.0 Å². The third-order valence-electron chi connectivity index (χ3n) is 2.18. The molecule has 4 nitrogen and oxygen atoms in total. The molecule has 0 amide bonds. The van der Waals surface area contributed by atoms with Gasteiger partial charge in [-0.1, -0.05) is 23.7 Å². The smallest absolute Gasteiger partial charge is 0.406 e. The van der Waals surface area contributed by atoms with Crippen LogP contribution in [0.1, 0.15) is 0 Å². The highest BCUT2D eigenvalue weighted by atomic mass is 79.9. The maximum Gasteiger partial charge on any atom is 0.573 e. The molecule has 1 aromatic heterocycles. The van der Waals surface area contributed by atoms with E-state index >= 15 is 0 Å². The van der Waals surface area contributed by atoms with Gasteiger partial charge in [-0.2, -0.15) is 0 Å². The maximum atomic E-state index is 12.2. The molecule has 0 aliphatic rings. The number of rotatable bonds is 2. The first kappa shape index (κ1) is 14.9. The Morgan fingerprint density at radius 2 is 1.95 bits per heavy atom. The standard InChI is InChI=1S/C11H6BrClF3N3O/c12-8-10(17)19-9(13)7(18-8)5-2-1-3-6(4-5)20-11(14,15)16/h1-4H,(H2,17,19). The second-order valence-electron chi connectivity index (χ2n) is 3.61. The Morgan fingerprint density at radius 3 is 2.60 bits per heavy atom. The van der Waals surface area contributed by atoms with Gasteiger partial charge in [-0.25, -0.2) is 9.97 Å². The number of hydrogen-bond acceptors (Lipinski definition) is 4. The summed E-state index contributed by atoms with van der Waals surface area (Å²) in [6, 6.07) is 5.25. The molecular formula is C11H6BrClF3N3O. The zero-order valence-corrected chi connectivity index (χ0v) is 11.9. The van der Waals surface area contributed by atoms with Gasteiger partial charge in [-0.3, -0.25) is 0 Å². The Balaban J connectivity index is 2.44. The van der Waals surface area contributed by atoms with Gasteiger partial charge in [0.25, 0.3) is 0 Å². The lowest BCUT2D eigenvalue weighted by Crippen LogP contribution is -2.17. The minimum absolute atomic E-state index is 0.0186. The lowest BCUT2D eigenvalue weighted by molar-refractivity contribution is -0.274. The summed E-state index contributed by atoms with van der Waals surface area (Å²) in [5.74, 6) is -0.290. The van der Waals surface area contributed by atoms with E-state index in [0.29, 0.717) is 5.56 Å². The Hall–Kier alpha value is -1.54. The minimum Gasteiger partial charge on any atom is -0.406 e. The van der Waals surface area contributed by atoms with Crippen LogP contribution in [0.15, 0.2) is 28.9 Å². The van der Waals surface area contributed by atoms with E-state index in [1.54, 1.807) is 0 Å². The van der Waals surface area contributed by atoms with E-state index in [-0.39, 0.29) is 27.0 Å². The Labute approximate surface area is 124 Å². The number of nitrogen functional groups attached to an aromatic ring is 1. The molecule has 1 aromatic carbocycles. The largest absolute Gasteiger partial charge is 0.573 e. The van der Waals surface area contributed by atoms with Crippen LogP contribution in [-0.2, 0) is 0 Å². The summed E-state index contributed by atoms with van der Waals surface area (Å²) in [6.45, 7) is 0. The van der Waals surface area contributed by atoms with Gasteiger partial charge in [0.05, 0.1) is 0 Å². The first-order valence-corrected chi connectivity index (χ1v) is 6.28. The average Bonchev–Trinajstić information content (AvgIpc) is 2.32. The van der Waals surface area contributed by atoms with Crippen molar-refractivity contribution in [1.29, 1.82) is 0 Å². The van der Waals surface area contributed by atoms with Gasteiger partial charge in [-0.05, 0) is 28.1 Å². The number of anilines is 1. The normalized spacial score (nSPS) is 11.4. The fraction of sp³-hybridized carbons (Fsp3) is 0.0909. The lowest BCUT2D eigenvalue weighted by Gasteiger charge is -2.10. The molecule has 2 rings (SSSR count). The topological polar surface area (TPSA) is 61.0 Å². The molecule has 0 saturated carbocycles. The van der Waals surface area contributed by atoms with Crippen molar-refractivity contribution in [3.8, 4) is 17.0 Å². The van der Waals surface area contributed by atoms with Crippen LogP contribution in [0, 0.1) is 0 Å². The van der Waals surface area contributed by atoms with Crippen molar-refractivity contribution in [2.24, 2.45) is 0 Å². The van der Waals surface area contributed by atoms with Gasteiger partial charge in [0, 0.05) is 5.56 Å². The first-order valence-electron chi connectivity index (χ1n) is 5.11. The highest BCUT2D eigenvalue weighted by Crippen LogP contribution is 2.31. The van der Waals surface area contributed by atoms with E-state index in [9.17, 15) is 13.2 Å². The number of hydrogen-bond donors (Lipinski definition) is 1. The van der Waals surface area contributed by atoms with Crippen LogP contribution in [0.5, 0.6) is 5.75 Å². The van der Waals surface area contributed by atoms with Crippen molar-refractivity contribution in [2.75, 3.05) is 5.73 Å². The van der Waals surface area contributed by atoms with Crippen molar-refractivity contribution in [1.82, 2.24) is 9.97 Å². The first-order chi connectivity index (χ1) is 9.26. The molecule has 9 heteroatoms. The Bertz CT molecular complexity index is 651. The molecular weight excluding hydrogens is 362 g/mol. The summed E-state index contributed by atoms with van der Waals surface area (Å²) in [7, 11) is 0. The molecule has 0 radical (unpaired) electrons. The van der Waals surface area contributed by atoms with Crippen LogP contribution >= 0.6 is 27.5 Å². The van der Waals surface area contributed by atoms with E-state index in [2.05, 4.69) is 30.6 Å². The second kappa shape index (κ2) is 5.45. The number of nitrogens with zero attached hydrogens (tertiary/aromatic N) is 2. The van der Waals surface area contributed by atoms with Crippen molar-refractivity contribution in [3.63, 3.8) is 0 Å². The fourth-order valence-corrected chi connectivity index (χ4v) is 1.94. The summed E-state index contributed by atoms with van der Waals surface area (Å²) in [5.41, 5.74) is 6.02. The summed E-state index contributed by atoms with van der Waals surface area (Å²) < 4.78 is 40.6. The van der Waals surface area contributed by atoms with Crippen molar-refractivity contribution >= 4 is 33.3 Å². The van der Waals surface area contributed by atoms with Crippen LogP contribution < -0.4 is 10.5 Å². The van der Waals surface area contributed by atoms with E-state index in [1.165, 1.54) is 18.2 Å². The highest BCUT2D eigenvalue weighted by molar-refractivity contribution is 9.10. The van der Waals surface area contributed by atoms with E-state index in [4.69, 9.17) is 17.3 Å². The van der Waals surface area contributed by atoms with Crippen LogP contribution in [0.2, 0.25) is 5.15 Å². The van der Waals surface area contributed by atoms with E-state index in [1.807, 2.05) is 0 Å². The molecule has 0 aliphatic heterocycles. The van der Waals surface area contributed by atoms with Crippen LogP contribution in [0.25, 0.3) is 11.3 Å². The average molecular weight is 369 g/mol. The predicted octanol–water partition coefficient (Wildman–Crippen LogP) is 4.04. The van der Waals surface area contributed by atoms with Crippen LogP contribution in [-0.4, -0.2) is 16.3 Å². The molecule has 0 bridgehead atoms. The maximum absolute atomic E-state index is 12.2. The Morgan fingerprint density at radius 1 is 1.25 bits per heavy atom. The zero-order valence-electron chi connectivity index (χ0n) is 9.58. The molecule has 0 unspecified atom stereocenters. The van der Waals surface area contributed by atoms with Crippen LogP contribution in [0.3, 0.4) is 0 Å². The molecule has 2 aromatic rings. The van der Waals surface area contributed by atoms with Crippen molar-refractivity contribution in [2.45, 2.75) is 6.36 Å². The number of benzene rings is 1. The number of aromatic nitrogens is 2. The van der Waals surface area contributed by atoms with E-state index in [0.717, 1.165) is 6.07 Å². The van der Waals surface area contributed by atoms with Crippen molar-refractivity contribution < 1.29 is 17.9 Å². The monoisotopic (exact) mass is 367 g/mol. The SMILES string of the molecule is Nc1nc(Cl)c(-c2cccc(OC(F)(F)F)c2)nc1Br. The van der Waals surface area contributed by atoms with Gasteiger partial charge in [0.2, 0.25) is 0 Å². The number of ether oxygens (including phenoxy) is 1. The zero-order chi connectivity index (χ0) is 14.9. The summed E-state index contributed by atoms with van der Waals surface area (Å²) >= 11 is 8.96. The molecule has 0 atom stereocenters. The number of halogens is 5. The quantitative estimate of drug-likeness (QED) is 0.869. The third kappa shape index (κ3) is 3.51. The number of alkyl halides is 3. The summed E-state index contributed by atoms with van der Waals surface area (Å²) in [5, 5.41) is -0.0186. The van der Waals surface area contributed by atoms with E-state index < -0.39 is 6.36 Å². The predicted molar refractivity (Wildman–Crippen MR) is 71.3 cm³/mol. The van der Waals surface area contributed by atoms with Gasteiger partial charge in [0.1, 0.15) is 16.0 Å². The fourth-order valence-electron chi connectivity index (χ4n) is 1.43. The molecule has 106 valence electrons. The summed E-state index contributed by atoms with van der Waals surface area (Å²) in [6.07, 6.45) is -4.77. The molecule has 0 saturated heterocycles. The molecule has 1 heterocycles. The molecule has 2 N–H and O–H groups in total. The molecule has 0 spiro atoms. The minimum atomic E-state index is -4.77. The lowest BCUT2D eigenvalue weighted by atomic mass is 10.1. The molecule has 0 aliphatic carbocycles. The van der Waals surface area contributed by atoms with Gasteiger partial charge in [-0.15, -0.1) is 13.2 Å². The Kier molecular flexibility index (Phi) is 4.05. The third-order valence-corrected chi connectivity index (χ3v) is 3.02.